The van der Waals surface area contributed by atoms with E-state index in [0.29, 0.717) is 10.5 Å². The Morgan fingerprint density at radius 2 is 1.88 bits per heavy atom. The average Bonchev–Trinajstić information content (AvgIpc) is 2.64. The molecule has 0 saturated carbocycles. The van der Waals surface area contributed by atoms with Crippen LogP contribution in [0.2, 0.25) is 0 Å². The van der Waals surface area contributed by atoms with Crippen molar-refractivity contribution < 1.29 is 18.5 Å². The van der Waals surface area contributed by atoms with Crippen molar-refractivity contribution in [3.8, 4) is 0 Å². The number of benzene rings is 2. The number of ether oxygens (including phenoxy) is 1. The van der Waals surface area contributed by atoms with E-state index in [9.17, 15) is 13.8 Å². The van der Waals surface area contributed by atoms with E-state index < -0.39 is 22.8 Å². The SMILES string of the molecule is COC(=O)[C@@H](CC[S@@](=O)c1ccccc1)NC(=O)c1cccc(Br)c1. The summed E-state index contributed by atoms with van der Waals surface area (Å²) in [6, 6.07) is 15.0. The smallest absolute Gasteiger partial charge is 0.328 e. The maximum Gasteiger partial charge on any atom is 0.328 e. The second-order valence-electron chi connectivity index (χ2n) is 5.21. The lowest BCUT2D eigenvalue weighted by Crippen LogP contribution is -2.42. The van der Waals surface area contributed by atoms with Gasteiger partial charge in [0.15, 0.2) is 0 Å². The van der Waals surface area contributed by atoms with Crippen LogP contribution < -0.4 is 5.32 Å². The Bertz CT molecular complexity index is 767. The summed E-state index contributed by atoms with van der Waals surface area (Å²) < 4.78 is 17.8. The Kier molecular flexibility index (Phi) is 7.33. The van der Waals surface area contributed by atoms with Crippen molar-refractivity contribution in [2.24, 2.45) is 0 Å². The topological polar surface area (TPSA) is 72.5 Å². The zero-order chi connectivity index (χ0) is 18.2. The van der Waals surface area contributed by atoms with Crippen molar-refractivity contribution >= 4 is 38.6 Å². The van der Waals surface area contributed by atoms with Crippen LogP contribution in [0.5, 0.6) is 0 Å². The van der Waals surface area contributed by atoms with E-state index in [4.69, 9.17) is 4.74 Å². The predicted molar refractivity (Wildman–Crippen MR) is 99.7 cm³/mol. The summed E-state index contributed by atoms with van der Waals surface area (Å²) in [6.07, 6.45) is 0.216. The molecule has 5 nitrogen and oxygen atoms in total. The summed E-state index contributed by atoms with van der Waals surface area (Å²) in [6.45, 7) is 0. The molecular formula is C18H18BrNO4S. The minimum atomic E-state index is -1.25. The first-order chi connectivity index (χ1) is 12.0. The van der Waals surface area contributed by atoms with Gasteiger partial charge in [0.1, 0.15) is 6.04 Å². The van der Waals surface area contributed by atoms with Crippen LogP contribution in [0.25, 0.3) is 0 Å². The largest absolute Gasteiger partial charge is 0.467 e. The maximum absolute atomic E-state index is 12.3. The Hall–Kier alpha value is -1.99. The Labute approximate surface area is 157 Å². The quantitative estimate of drug-likeness (QED) is 0.694. The second kappa shape index (κ2) is 9.48. The number of esters is 1. The van der Waals surface area contributed by atoms with Gasteiger partial charge < -0.3 is 10.1 Å². The van der Waals surface area contributed by atoms with Gasteiger partial charge in [0.25, 0.3) is 5.91 Å². The first kappa shape index (κ1) is 19.3. The number of carbonyl (C=O) groups is 2. The molecule has 0 aliphatic heterocycles. The lowest BCUT2D eigenvalue weighted by atomic mass is 10.1. The van der Waals surface area contributed by atoms with Crippen LogP contribution in [0.3, 0.4) is 0 Å². The highest BCUT2D eigenvalue weighted by Crippen LogP contribution is 2.13. The number of hydrogen-bond donors (Lipinski definition) is 1. The van der Waals surface area contributed by atoms with Crippen LogP contribution in [0.4, 0.5) is 0 Å². The fraction of sp³-hybridized carbons (Fsp3) is 0.222. The third-order valence-electron chi connectivity index (χ3n) is 3.48. The van der Waals surface area contributed by atoms with E-state index in [1.807, 2.05) is 6.07 Å². The summed E-state index contributed by atoms with van der Waals surface area (Å²) in [7, 11) is 0.00662. The van der Waals surface area contributed by atoms with E-state index in [1.165, 1.54) is 7.11 Å². The van der Waals surface area contributed by atoms with Crippen molar-refractivity contribution in [1.82, 2.24) is 5.32 Å². The number of halogens is 1. The molecule has 0 spiro atoms. The fourth-order valence-electron chi connectivity index (χ4n) is 2.18. The number of methoxy groups -OCH3 is 1. The second-order valence-corrected chi connectivity index (χ2v) is 7.70. The first-order valence-electron chi connectivity index (χ1n) is 7.59. The van der Waals surface area contributed by atoms with Crippen molar-refractivity contribution in [3.63, 3.8) is 0 Å². The molecule has 0 aliphatic rings. The van der Waals surface area contributed by atoms with Crippen molar-refractivity contribution in [2.75, 3.05) is 12.9 Å². The Morgan fingerprint density at radius 3 is 2.52 bits per heavy atom. The monoisotopic (exact) mass is 423 g/mol. The lowest BCUT2D eigenvalue weighted by molar-refractivity contribution is -0.142. The molecule has 7 heteroatoms. The van der Waals surface area contributed by atoms with Gasteiger partial charge in [0.05, 0.1) is 17.9 Å². The Morgan fingerprint density at radius 1 is 1.16 bits per heavy atom. The normalized spacial score (nSPS) is 12.9. The summed E-state index contributed by atoms with van der Waals surface area (Å²) >= 11 is 3.30. The van der Waals surface area contributed by atoms with E-state index >= 15 is 0 Å². The molecule has 0 unspecified atom stereocenters. The highest BCUT2D eigenvalue weighted by molar-refractivity contribution is 9.10. The molecule has 1 N–H and O–H groups in total. The Balaban J connectivity index is 2.02. The first-order valence-corrected chi connectivity index (χ1v) is 9.70. The molecule has 2 rings (SSSR count). The van der Waals surface area contributed by atoms with Gasteiger partial charge in [0, 0.05) is 20.7 Å². The number of amides is 1. The zero-order valence-electron chi connectivity index (χ0n) is 13.6. The summed E-state index contributed by atoms with van der Waals surface area (Å²) in [5.41, 5.74) is 0.424. The van der Waals surface area contributed by atoms with Gasteiger partial charge in [-0.1, -0.05) is 40.2 Å². The molecule has 25 heavy (non-hydrogen) atoms. The average molecular weight is 424 g/mol. The molecule has 0 heterocycles. The van der Waals surface area contributed by atoms with E-state index in [1.54, 1.807) is 48.5 Å². The number of rotatable bonds is 7. The van der Waals surface area contributed by atoms with Crippen molar-refractivity contribution in [3.05, 3.63) is 64.6 Å². The van der Waals surface area contributed by atoms with Crippen LogP contribution in [0.15, 0.2) is 64.0 Å². The van der Waals surface area contributed by atoms with Gasteiger partial charge in [-0.05, 0) is 36.8 Å². The van der Waals surface area contributed by atoms with Crippen molar-refractivity contribution in [2.45, 2.75) is 17.4 Å². The summed E-state index contributed by atoms with van der Waals surface area (Å²) in [5.74, 6) is -0.710. The molecule has 132 valence electrons. The van der Waals surface area contributed by atoms with Gasteiger partial charge in [-0.2, -0.15) is 0 Å². The summed E-state index contributed by atoms with van der Waals surface area (Å²) in [4.78, 5) is 25.0. The van der Waals surface area contributed by atoms with Crippen LogP contribution in [-0.4, -0.2) is 35.0 Å². The van der Waals surface area contributed by atoms with Crippen molar-refractivity contribution in [1.29, 1.82) is 0 Å². The minimum absolute atomic E-state index is 0.216. The summed E-state index contributed by atoms with van der Waals surface area (Å²) in [5, 5.41) is 2.65. The van der Waals surface area contributed by atoms with Gasteiger partial charge in [-0.25, -0.2) is 4.79 Å². The van der Waals surface area contributed by atoms with Crippen LogP contribution in [-0.2, 0) is 20.3 Å². The van der Waals surface area contributed by atoms with Crippen LogP contribution in [0.1, 0.15) is 16.8 Å². The molecule has 0 bridgehead atoms. The zero-order valence-corrected chi connectivity index (χ0v) is 16.0. The molecule has 0 aliphatic carbocycles. The highest BCUT2D eigenvalue weighted by atomic mass is 79.9. The number of carbonyl (C=O) groups excluding carboxylic acids is 2. The fourth-order valence-corrected chi connectivity index (χ4v) is 3.72. The molecule has 2 aromatic rings. The molecule has 1 amide bonds. The standard InChI is InChI=1S/C18H18BrNO4S/c1-24-18(22)16(10-11-25(23)15-8-3-2-4-9-15)20-17(21)13-6-5-7-14(19)12-13/h2-9,12,16H,10-11H2,1H3,(H,20,21)/t16-,25-/m1/s1. The highest BCUT2D eigenvalue weighted by Gasteiger charge is 2.23. The number of hydrogen-bond acceptors (Lipinski definition) is 4. The molecular weight excluding hydrogens is 406 g/mol. The third kappa shape index (κ3) is 5.79. The molecule has 2 aromatic carbocycles. The molecule has 0 saturated heterocycles. The van der Waals surface area contributed by atoms with E-state index in [2.05, 4.69) is 21.2 Å². The number of nitrogens with one attached hydrogen (secondary N) is 1. The van der Waals surface area contributed by atoms with E-state index in [0.717, 1.165) is 4.47 Å². The third-order valence-corrected chi connectivity index (χ3v) is 5.37. The molecule has 0 aromatic heterocycles. The van der Waals surface area contributed by atoms with Crippen LogP contribution in [0, 0.1) is 0 Å². The molecule has 0 radical (unpaired) electrons. The minimum Gasteiger partial charge on any atom is -0.467 e. The van der Waals surface area contributed by atoms with E-state index in [-0.39, 0.29) is 18.1 Å². The van der Waals surface area contributed by atoms with Gasteiger partial charge in [0.2, 0.25) is 0 Å². The molecule has 2 atom stereocenters. The van der Waals surface area contributed by atoms with Gasteiger partial charge in [-0.15, -0.1) is 0 Å². The van der Waals surface area contributed by atoms with Crippen LogP contribution >= 0.6 is 15.9 Å². The maximum atomic E-state index is 12.3. The van der Waals surface area contributed by atoms with Gasteiger partial charge in [-0.3, -0.25) is 9.00 Å². The predicted octanol–water partition coefficient (Wildman–Crippen LogP) is 2.92. The molecule has 0 fully saturated rings. The van der Waals surface area contributed by atoms with Gasteiger partial charge >= 0.3 is 5.97 Å². The lowest BCUT2D eigenvalue weighted by Gasteiger charge is -2.16.